The Hall–Kier alpha value is -1.82. The van der Waals surface area contributed by atoms with Gasteiger partial charge < -0.3 is 20.9 Å². The molecule has 1 unspecified atom stereocenters. The standard InChI is InChI=1S/C12H16FN3O2/c13-8-3-4-11(10(6-8)12(14)15-18)16-5-1-2-9(17)7-16/h3-4,6,9,17-18H,1-2,5,7H2,(H2,14,15). The summed E-state index contributed by atoms with van der Waals surface area (Å²) in [5.74, 6) is -0.581. The molecule has 0 aromatic heterocycles. The normalized spacial score (nSPS) is 21.1. The molecular weight excluding hydrogens is 237 g/mol. The van der Waals surface area contributed by atoms with Gasteiger partial charge in [0.05, 0.1) is 6.10 Å². The minimum atomic E-state index is -0.446. The molecule has 98 valence electrons. The van der Waals surface area contributed by atoms with Crippen molar-refractivity contribution in [2.24, 2.45) is 10.9 Å². The molecule has 1 saturated heterocycles. The number of rotatable bonds is 2. The third-order valence-electron chi connectivity index (χ3n) is 3.08. The van der Waals surface area contributed by atoms with Crippen molar-refractivity contribution in [3.63, 3.8) is 0 Å². The third-order valence-corrected chi connectivity index (χ3v) is 3.08. The molecule has 1 atom stereocenters. The van der Waals surface area contributed by atoms with Gasteiger partial charge in [-0.15, -0.1) is 0 Å². The molecule has 5 nitrogen and oxygen atoms in total. The largest absolute Gasteiger partial charge is 0.409 e. The molecule has 1 aromatic carbocycles. The summed E-state index contributed by atoms with van der Waals surface area (Å²) in [5, 5.41) is 21.3. The van der Waals surface area contributed by atoms with Crippen molar-refractivity contribution in [3.05, 3.63) is 29.6 Å². The Bertz CT molecular complexity index is 465. The lowest BCUT2D eigenvalue weighted by molar-refractivity contribution is 0.154. The molecular formula is C12H16FN3O2. The highest BCUT2D eigenvalue weighted by atomic mass is 19.1. The van der Waals surface area contributed by atoms with Crippen LogP contribution in [0.25, 0.3) is 0 Å². The highest BCUT2D eigenvalue weighted by molar-refractivity contribution is 6.02. The number of nitrogens with zero attached hydrogens (tertiary/aromatic N) is 2. The molecule has 2 rings (SSSR count). The van der Waals surface area contributed by atoms with Gasteiger partial charge in [-0.2, -0.15) is 0 Å². The number of aliphatic hydroxyl groups is 1. The van der Waals surface area contributed by atoms with Gasteiger partial charge in [0.2, 0.25) is 0 Å². The average Bonchev–Trinajstić information content (AvgIpc) is 2.37. The Morgan fingerprint density at radius 1 is 1.50 bits per heavy atom. The molecule has 1 fully saturated rings. The fraction of sp³-hybridized carbons (Fsp3) is 0.417. The number of hydrogen-bond acceptors (Lipinski definition) is 4. The van der Waals surface area contributed by atoms with Crippen molar-refractivity contribution in [3.8, 4) is 0 Å². The summed E-state index contributed by atoms with van der Waals surface area (Å²) >= 11 is 0. The fourth-order valence-corrected chi connectivity index (χ4v) is 2.22. The maximum atomic E-state index is 13.2. The van der Waals surface area contributed by atoms with Crippen LogP contribution in [0.5, 0.6) is 0 Å². The van der Waals surface area contributed by atoms with Crippen molar-refractivity contribution in [1.29, 1.82) is 0 Å². The lowest BCUT2D eigenvalue weighted by Crippen LogP contribution is -2.39. The fourth-order valence-electron chi connectivity index (χ4n) is 2.22. The maximum absolute atomic E-state index is 13.2. The van der Waals surface area contributed by atoms with Gasteiger partial charge in [0.1, 0.15) is 5.82 Å². The molecule has 0 aliphatic carbocycles. The molecule has 4 N–H and O–H groups in total. The van der Waals surface area contributed by atoms with E-state index in [9.17, 15) is 9.50 Å². The second-order valence-corrected chi connectivity index (χ2v) is 4.39. The Morgan fingerprint density at radius 2 is 2.28 bits per heavy atom. The number of nitrogens with two attached hydrogens (primary N) is 1. The van der Waals surface area contributed by atoms with Crippen LogP contribution in [-0.2, 0) is 0 Å². The van der Waals surface area contributed by atoms with E-state index >= 15 is 0 Å². The summed E-state index contributed by atoms with van der Waals surface area (Å²) in [6, 6.07) is 4.14. The van der Waals surface area contributed by atoms with Gasteiger partial charge in [-0.25, -0.2) is 4.39 Å². The minimum absolute atomic E-state index is 0.135. The zero-order chi connectivity index (χ0) is 13.1. The predicted molar refractivity (Wildman–Crippen MR) is 66.4 cm³/mol. The van der Waals surface area contributed by atoms with Gasteiger partial charge in [-0.1, -0.05) is 5.16 Å². The van der Waals surface area contributed by atoms with E-state index in [2.05, 4.69) is 5.16 Å². The van der Waals surface area contributed by atoms with E-state index in [4.69, 9.17) is 10.9 Å². The molecule has 0 bridgehead atoms. The van der Waals surface area contributed by atoms with Gasteiger partial charge >= 0.3 is 0 Å². The highest BCUT2D eigenvalue weighted by Gasteiger charge is 2.21. The molecule has 0 amide bonds. The predicted octanol–water partition coefficient (Wildman–Crippen LogP) is 0.881. The van der Waals surface area contributed by atoms with Gasteiger partial charge in [0.25, 0.3) is 0 Å². The topological polar surface area (TPSA) is 82.1 Å². The lowest BCUT2D eigenvalue weighted by atomic mass is 10.0. The number of anilines is 1. The third kappa shape index (κ3) is 2.53. The molecule has 0 saturated carbocycles. The quantitative estimate of drug-likeness (QED) is 0.316. The van der Waals surface area contributed by atoms with Crippen LogP contribution in [0.15, 0.2) is 23.4 Å². The highest BCUT2D eigenvalue weighted by Crippen LogP contribution is 2.25. The van der Waals surface area contributed by atoms with E-state index in [1.807, 2.05) is 4.90 Å². The second-order valence-electron chi connectivity index (χ2n) is 4.39. The second kappa shape index (κ2) is 5.22. The smallest absolute Gasteiger partial charge is 0.172 e. The number of oxime groups is 1. The average molecular weight is 253 g/mol. The Morgan fingerprint density at radius 3 is 2.94 bits per heavy atom. The molecule has 1 heterocycles. The number of piperidine rings is 1. The number of amidine groups is 1. The minimum Gasteiger partial charge on any atom is -0.409 e. The number of halogens is 1. The summed E-state index contributed by atoms with van der Waals surface area (Å²) in [6.45, 7) is 1.23. The lowest BCUT2D eigenvalue weighted by Gasteiger charge is -2.33. The van der Waals surface area contributed by atoms with Crippen LogP contribution >= 0.6 is 0 Å². The van der Waals surface area contributed by atoms with Crippen molar-refractivity contribution >= 4 is 11.5 Å². The summed E-state index contributed by atoms with van der Waals surface area (Å²) < 4.78 is 13.2. The van der Waals surface area contributed by atoms with Crippen LogP contribution in [0, 0.1) is 5.82 Å². The Balaban J connectivity index is 2.37. The SMILES string of the molecule is NC(=NO)c1cc(F)ccc1N1CCCC(O)C1. The van der Waals surface area contributed by atoms with Crippen molar-refractivity contribution in [2.45, 2.75) is 18.9 Å². The van der Waals surface area contributed by atoms with Crippen LogP contribution < -0.4 is 10.6 Å². The van der Waals surface area contributed by atoms with E-state index in [-0.39, 0.29) is 5.84 Å². The van der Waals surface area contributed by atoms with E-state index in [1.54, 1.807) is 6.07 Å². The molecule has 1 aromatic rings. The first-order chi connectivity index (χ1) is 8.61. The molecule has 1 aliphatic heterocycles. The van der Waals surface area contributed by atoms with Crippen molar-refractivity contribution in [1.82, 2.24) is 0 Å². The van der Waals surface area contributed by atoms with Crippen LogP contribution in [0.1, 0.15) is 18.4 Å². The van der Waals surface area contributed by atoms with Crippen LogP contribution in [0.3, 0.4) is 0 Å². The number of β-amino-alcohol motifs (C(OH)–C–C–N with tert-alkyl or cyclic N) is 1. The van der Waals surface area contributed by atoms with E-state index in [0.717, 1.165) is 19.4 Å². The van der Waals surface area contributed by atoms with E-state index < -0.39 is 11.9 Å². The zero-order valence-electron chi connectivity index (χ0n) is 9.88. The van der Waals surface area contributed by atoms with Gasteiger partial charge in [-0.05, 0) is 31.0 Å². The molecule has 0 radical (unpaired) electrons. The van der Waals surface area contributed by atoms with Gasteiger partial charge in [0.15, 0.2) is 5.84 Å². The summed E-state index contributed by atoms with van der Waals surface area (Å²) in [4.78, 5) is 1.92. The van der Waals surface area contributed by atoms with Crippen LogP contribution in [0.4, 0.5) is 10.1 Å². The molecule has 1 aliphatic rings. The van der Waals surface area contributed by atoms with E-state index in [0.29, 0.717) is 17.8 Å². The van der Waals surface area contributed by atoms with Crippen molar-refractivity contribution in [2.75, 3.05) is 18.0 Å². The van der Waals surface area contributed by atoms with E-state index in [1.165, 1.54) is 12.1 Å². The zero-order valence-corrected chi connectivity index (χ0v) is 9.88. The first-order valence-electron chi connectivity index (χ1n) is 5.82. The first kappa shape index (κ1) is 12.6. The number of aliphatic hydroxyl groups excluding tert-OH is 1. The van der Waals surface area contributed by atoms with Crippen molar-refractivity contribution < 1.29 is 14.7 Å². The first-order valence-corrected chi connectivity index (χ1v) is 5.82. The molecule has 6 heteroatoms. The Kier molecular flexibility index (Phi) is 3.66. The molecule has 18 heavy (non-hydrogen) atoms. The van der Waals surface area contributed by atoms with Crippen LogP contribution in [0.2, 0.25) is 0 Å². The van der Waals surface area contributed by atoms with Gasteiger partial charge in [0, 0.05) is 24.3 Å². The summed E-state index contributed by atoms with van der Waals surface area (Å²) in [6.07, 6.45) is 1.22. The Labute approximate surface area is 104 Å². The maximum Gasteiger partial charge on any atom is 0.172 e. The number of benzene rings is 1. The monoisotopic (exact) mass is 253 g/mol. The van der Waals surface area contributed by atoms with Crippen LogP contribution in [-0.4, -0.2) is 35.3 Å². The molecule has 0 spiro atoms. The number of hydrogen-bond donors (Lipinski definition) is 3. The summed E-state index contributed by atoms with van der Waals surface area (Å²) in [5.41, 5.74) is 6.56. The summed E-state index contributed by atoms with van der Waals surface area (Å²) in [7, 11) is 0. The van der Waals surface area contributed by atoms with Gasteiger partial charge in [-0.3, -0.25) is 0 Å².